The van der Waals surface area contributed by atoms with E-state index >= 15 is 0 Å². The molecule has 0 saturated heterocycles. The van der Waals surface area contributed by atoms with Gasteiger partial charge in [0.15, 0.2) is 11.2 Å². The maximum absolute atomic E-state index is 12.5. The van der Waals surface area contributed by atoms with E-state index < -0.39 is 17.4 Å². The molecular weight excluding hydrogens is 388 g/mol. The predicted octanol–water partition coefficient (Wildman–Crippen LogP) is 0.145. The average Bonchev–Trinajstić information content (AvgIpc) is 3.04. The van der Waals surface area contributed by atoms with E-state index in [0.717, 1.165) is 12.1 Å². The molecule has 0 spiro atoms. The zero-order valence-corrected chi connectivity index (χ0v) is 17.7. The van der Waals surface area contributed by atoms with Crippen molar-refractivity contribution < 1.29 is 9.84 Å². The number of aryl methyl sites for hydroxylation is 2. The minimum absolute atomic E-state index is 0.0452. The lowest BCUT2D eigenvalue weighted by Crippen LogP contribution is -2.31. The SMILES string of the molecule is Cc1ccc(OC[C@H](O)Cn2c(NCCN(C)C)nc3c2c(=O)[nH]c(=O)n3C)cc1. The van der Waals surface area contributed by atoms with Crippen molar-refractivity contribution in [2.24, 2.45) is 7.05 Å². The van der Waals surface area contributed by atoms with E-state index in [-0.39, 0.29) is 24.3 Å². The number of nitrogens with one attached hydrogen (secondary N) is 2. The molecule has 0 fully saturated rings. The molecule has 3 aromatic rings. The molecule has 162 valence electrons. The molecule has 0 aliphatic carbocycles. The summed E-state index contributed by atoms with van der Waals surface area (Å²) in [4.78, 5) is 33.2. The molecule has 0 aliphatic rings. The number of benzene rings is 1. The van der Waals surface area contributed by atoms with Gasteiger partial charge in [-0.05, 0) is 33.2 Å². The van der Waals surface area contributed by atoms with Gasteiger partial charge in [-0.15, -0.1) is 0 Å². The topological polar surface area (TPSA) is 117 Å². The zero-order valence-electron chi connectivity index (χ0n) is 17.7. The average molecular weight is 416 g/mol. The van der Waals surface area contributed by atoms with E-state index in [2.05, 4.69) is 15.3 Å². The van der Waals surface area contributed by atoms with Crippen molar-refractivity contribution in [3.63, 3.8) is 0 Å². The van der Waals surface area contributed by atoms with Crippen molar-refractivity contribution in [1.82, 2.24) is 24.0 Å². The predicted molar refractivity (Wildman–Crippen MR) is 115 cm³/mol. The highest BCUT2D eigenvalue weighted by Gasteiger charge is 2.19. The molecule has 0 bridgehead atoms. The fourth-order valence-corrected chi connectivity index (χ4v) is 3.03. The maximum atomic E-state index is 12.5. The van der Waals surface area contributed by atoms with Crippen LogP contribution in [0.4, 0.5) is 5.95 Å². The van der Waals surface area contributed by atoms with Crippen molar-refractivity contribution in [3.05, 3.63) is 50.7 Å². The first kappa shape index (κ1) is 21.6. The van der Waals surface area contributed by atoms with Crippen molar-refractivity contribution in [2.45, 2.75) is 19.6 Å². The van der Waals surface area contributed by atoms with Crippen LogP contribution in [0.15, 0.2) is 33.9 Å². The van der Waals surface area contributed by atoms with Crippen molar-refractivity contribution >= 4 is 17.1 Å². The summed E-state index contributed by atoms with van der Waals surface area (Å²) >= 11 is 0. The number of hydrogen-bond donors (Lipinski definition) is 3. The normalized spacial score (nSPS) is 12.5. The molecule has 2 heterocycles. The van der Waals surface area contributed by atoms with E-state index in [1.807, 2.05) is 50.2 Å². The number of ether oxygens (including phenoxy) is 1. The smallest absolute Gasteiger partial charge is 0.329 e. The molecule has 0 unspecified atom stereocenters. The summed E-state index contributed by atoms with van der Waals surface area (Å²) in [6.07, 6.45) is -0.894. The Balaban J connectivity index is 1.85. The van der Waals surface area contributed by atoms with Crippen LogP contribution in [-0.2, 0) is 13.6 Å². The van der Waals surface area contributed by atoms with Crippen molar-refractivity contribution in [1.29, 1.82) is 0 Å². The molecule has 30 heavy (non-hydrogen) atoms. The summed E-state index contributed by atoms with van der Waals surface area (Å²) < 4.78 is 8.52. The van der Waals surface area contributed by atoms with E-state index in [4.69, 9.17) is 4.74 Å². The van der Waals surface area contributed by atoms with Crippen molar-refractivity contribution in [3.8, 4) is 5.75 Å². The number of aliphatic hydroxyl groups is 1. The van der Waals surface area contributed by atoms with Gasteiger partial charge in [-0.25, -0.2) is 4.79 Å². The van der Waals surface area contributed by atoms with Crippen LogP contribution in [-0.4, -0.2) is 69.0 Å². The molecule has 0 radical (unpaired) electrons. The Morgan fingerprint density at radius 1 is 1.27 bits per heavy atom. The van der Waals surface area contributed by atoms with Crippen LogP contribution in [0, 0.1) is 6.92 Å². The lowest BCUT2D eigenvalue weighted by molar-refractivity contribution is 0.0938. The summed E-state index contributed by atoms with van der Waals surface area (Å²) in [5.74, 6) is 1.06. The molecular formula is C20H28N6O4. The fraction of sp³-hybridized carbons (Fsp3) is 0.450. The van der Waals surface area contributed by atoms with Gasteiger partial charge in [0.2, 0.25) is 5.95 Å². The van der Waals surface area contributed by atoms with Gasteiger partial charge < -0.3 is 24.6 Å². The van der Waals surface area contributed by atoms with Gasteiger partial charge in [0.05, 0.1) is 6.54 Å². The van der Waals surface area contributed by atoms with Crippen LogP contribution >= 0.6 is 0 Å². The lowest BCUT2D eigenvalue weighted by atomic mass is 10.2. The molecule has 1 atom stereocenters. The standard InChI is InChI=1S/C20H28N6O4/c1-13-5-7-15(8-6-13)30-12-14(27)11-26-16-17(25(4)20(29)23-18(16)28)22-19(26)21-9-10-24(2)3/h5-8,14,27H,9-12H2,1-4H3,(H,21,22)(H,23,28,29)/t14-/m1/s1. The van der Waals surface area contributed by atoms with E-state index in [9.17, 15) is 14.7 Å². The second-order valence-corrected chi connectivity index (χ2v) is 7.54. The Hall–Kier alpha value is -3.11. The number of anilines is 1. The molecule has 0 amide bonds. The number of H-pyrrole nitrogens is 1. The van der Waals surface area contributed by atoms with Gasteiger partial charge in [-0.2, -0.15) is 4.98 Å². The number of imidazole rings is 1. The van der Waals surface area contributed by atoms with Gasteiger partial charge in [0, 0.05) is 20.1 Å². The summed E-state index contributed by atoms with van der Waals surface area (Å²) in [6, 6.07) is 7.53. The molecule has 0 saturated carbocycles. The highest BCUT2D eigenvalue weighted by molar-refractivity contribution is 5.74. The first-order valence-corrected chi connectivity index (χ1v) is 9.72. The van der Waals surface area contributed by atoms with Gasteiger partial charge in [0.25, 0.3) is 5.56 Å². The zero-order chi connectivity index (χ0) is 21.8. The maximum Gasteiger partial charge on any atom is 0.329 e. The van der Waals surface area contributed by atoms with Crippen LogP contribution in [0.3, 0.4) is 0 Å². The third-order valence-electron chi connectivity index (χ3n) is 4.71. The second-order valence-electron chi connectivity index (χ2n) is 7.54. The molecule has 10 nitrogen and oxygen atoms in total. The highest BCUT2D eigenvalue weighted by Crippen LogP contribution is 2.17. The van der Waals surface area contributed by atoms with Gasteiger partial charge in [0.1, 0.15) is 18.5 Å². The van der Waals surface area contributed by atoms with E-state index in [1.165, 1.54) is 4.57 Å². The number of fused-ring (bicyclic) bond motifs is 1. The number of aromatic amines is 1. The molecule has 2 aromatic heterocycles. The third-order valence-corrected chi connectivity index (χ3v) is 4.71. The summed E-state index contributed by atoms with van der Waals surface area (Å²) in [7, 11) is 5.44. The molecule has 3 N–H and O–H groups in total. The van der Waals surface area contributed by atoms with Crippen LogP contribution in [0.2, 0.25) is 0 Å². The first-order chi connectivity index (χ1) is 14.3. The molecule has 10 heteroatoms. The minimum Gasteiger partial charge on any atom is -0.491 e. The minimum atomic E-state index is -0.894. The summed E-state index contributed by atoms with van der Waals surface area (Å²) in [6.45, 7) is 3.44. The third kappa shape index (κ3) is 4.89. The van der Waals surface area contributed by atoms with Crippen molar-refractivity contribution in [2.75, 3.05) is 39.1 Å². The Kier molecular flexibility index (Phi) is 6.58. The quantitative estimate of drug-likeness (QED) is 0.454. The number of aromatic nitrogens is 4. The monoisotopic (exact) mass is 416 g/mol. The molecule has 1 aromatic carbocycles. The highest BCUT2D eigenvalue weighted by atomic mass is 16.5. The fourth-order valence-electron chi connectivity index (χ4n) is 3.03. The number of hydrogen-bond acceptors (Lipinski definition) is 7. The summed E-state index contributed by atoms with van der Waals surface area (Å²) in [5.41, 5.74) is 0.501. The van der Waals surface area contributed by atoms with Crippen LogP contribution in [0.25, 0.3) is 11.2 Å². The Labute approximate surface area is 173 Å². The Bertz CT molecular complexity index is 1110. The largest absolute Gasteiger partial charge is 0.491 e. The lowest BCUT2D eigenvalue weighted by Gasteiger charge is -2.16. The van der Waals surface area contributed by atoms with E-state index in [0.29, 0.717) is 18.2 Å². The number of nitrogens with zero attached hydrogens (tertiary/aromatic N) is 4. The number of likely N-dealkylation sites (N-methyl/N-ethyl adjacent to an activating group) is 1. The van der Waals surface area contributed by atoms with Gasteiger partial charge in [-0.3, -0.25) is 14.3 Å². The van der Waals surface area contributed by atoms with Crippen LogP contribution in [0.1, 0.15) is 5.56 Å². The Morgan fingerprint density at radius 2 is 1.97 bits per heavy atom. The summed E-state index contributed by atoms with van der Waals surface area (Å²) in [5, 5.41) is 13.7. The first-order valence-electron chi connectivity index (χ1n) is 9.72. The Morgan fingerprint density at radius 3 is 2.63 bits per heavy atom. The van der Waals surface area contributed by atoms with Crippen LogP contribution < -0.4 is 21.3 Å². The van der Waals surface area contributed by atoms with E-state index in [1.54, 1.807) is 11.6 Å². The van der Waals surface area contributed by atoms with Gasteiger partial charge >= 0.3 is 5.69 Å². The molecule has 3 rings (SSSR count). The van der Waals surface area contributed by atoms with Gasteiger partial charge in [-0.1, -0.05) is 17.7 Å². The molecule has 0 aliphatic heterocycles. The van der Waals surface area contributed by atoms with Crippen LogP contribution in [0.5, 0.6) is 5.75 Å². The number of aliphatic hydroxyl groups excluding tert-OH is 1. The second kappa shape index (κ2) is 9.14. The number of rotatable bonds is 9.